The smallest absolute Gasteiger partial charge is 0.222 e. The van der Waals surface area contributed by atoms with Crippen molar-refractivity contribution in [3.63, 3.8) is 0 Å². The number of aromatic nitrogens is 2. The van der Waals surface area contributed by atoms with Crippen LogP contribution in [0.1, 0.15) is 44.5 Å². The molecule has 18 heavy (non-hydrogen) atoms. The van der Waals surface area contributed by atoms with Gasteiger partial charge in [0, 0.05) is 18.5 Å². The number of carbonyl (C=O) groups excluding carboxylic acids is 1. The first-order chi connectivity index (χ1) is 8.49. The number of amides is 1. The fraction of sp³-hybridized carbons (Fsp3) is 0.750. The van der Waals surface area contributed by atoms with Gasteiger partial charge in [0.1, 0.15) is 5.01 Å². The normalized spacial score (nSPS) is 24.6. The van der Waals surface area contributed by atoms with Crippen LogP contribution < -0.4 is 10.6 Å². The van der Waals surface area contributed by atoms with E-state index in [1.807, 2.05) is 0 Å². The van der Waals surface area contributed by atoms with Crippen molar-refractivity contribution in [2.45, 2.75) is 45.6 Å². The van der Waals surface area contributed by atoms with Crippen LogP contribution in [0.3, 0.4) is 0 Å². The first-order valence-corrected chi connectivity index (χ1v) is 7.20. The zero-order valence-corrected chi connectivity index (χ0v) is 11.9. The topological polar surface area (TPSA) is 72.1 Å². The molecule has 100 valence electrons. The number of nitrogens with two attached hydrogens (primary N) is 1. The molecule has 0 unspecified atom stereocenters. The molecule has 0 spiro atoms. The number of piperidine rings is 1. The molecule has 1 aliphatic rings. The molecule has 0 aliphatic carbocycles. The third kappa shape index (κ3) is 2.63. The summed E-state index contributed by atoms with van der Waals surface area (Å²) in [7, 11) is 0. The van der Waals surface area contributed by atoms with Gasteiger partial charge in [0.2, 0.25) is 11.0 Å². The van der Waals surface area contributed by atoms with Gasteiger partial charge in [-0.3, -0.25) is 4.79 Å². The lowest BCUT2D eigenvalue weighted by atomic mass is 9.93. The quantitative estimate of drug-likeness (QED) is 0.906. The fourth-order valence-corrected chi connectivity index (χ4v) is 3.14. The van der Waals surface area contributed by atoms with Crippen LogP contribution in [0.15, 0.2) is 0 Å². The largest absolute Gasteiger partial charge is 0.369 e. The molecule has 1 aliphatic heterocycles. The van der Waals surface area contributed by atoms with E-state index in [1.165, 1.54) is 0 Å². The molecule has 2 rings (SSSR count). The second-order valence-corrected chi connectivity index (χ2v) is 6.24. The van der Waals surface area contributed by atoms with Crippen LogP contribution in [0.5, 0.6) is 0 Å². The third-order valence-corrected chi connectivity index (χ3v) is 4.71. The third-order valence-electron chi connectivity index (χ3n) is 3.45. The van der Waals surface area contributed by atoms with Crippen molar-refractivity contribution in [1.29, 1.82) is 0 Å². The zero-order valence-electron chi connectivity index (χ0n) is 11.1. The first kappa shape index (κ1) is 13.3. The van der Waals surface area contributed by atoms with Gasteiger partial charge in [-0.15, -0.1) is 10.2 Å². The van der Waals surface area contributed by atoms with Gasteiger partial charge in [0.25, 0.3) is 0 Å². The fourth-order valence-electron chi connectivity index (χ4n) is 2.18. The Bertz CT molecular complexity index is 431. The van der Waals surface area contributed by atoms with Gasteiger partial charge in [-0.25, -0.2) is 0 Å². The highest BCUT2D eigenvalue weighted by Gasteiger charge is 2.30. The highest BCUT2D eigenvalue weighted by molar-refractivity contribution is 7.15. The molecule has 1 aromatic rings. The predicted molar refractivity (Wildman–Crippen MR) is 72.7 cm³/mol. The van der Waals surface area contributed by atoms with Gasteiger partial charge in [-0.2, -0.15) is 0 Å². The number of carbonyl (C=O) groups is 1. The molecule has 0 saturated carbocycles. The Morgan fingerprint density at radius 3 is 2.72 bits per heavy atom. The summed E-state index contributed by atoms with van der Waals surface area (Å²) in [5.74, 6) is 0.122. The van der Waals surface area contributed by atoms with Crippen molar-refractivity contribution in [2.75, 3.05) is 11.4 Å². The minimum Gasteiger partial charge on any atom is -0.369 e. The average molecular weight is 268 g/mol. The summed E-state index contributed by atoms with van der Waals surface area (Å²) in [5.41, 5.74) is 5.41. The van der Waals surface area contributed by atoms with Gasteiger partial charge < -0.3 is 10.6 Å². The summed E-state index contributed by atoms with van der Waals surface area (Å²) in [6.07, 6.45) is 1.85. The van der Waals surface area contributed by atoms with Gasteiger partial charge in [-0.05, 0) is 19.8 Å². The summed E-state index contributed by atoms with van der Waals surface area (Å²) in [5, 5.41) is 10.4. The molecular weight excluding hydrogens is 248 g/mol. The zero-order chi connectivity index (χ0) is 13.3. The lowest BCUT2D eigenvalue weighted by molar-refractivity contribution is -0.122. The lowest BCUT2D eigenvalue weighted by Gasteiger charge is -2.36. The summed E-state index contributed by atoms with van der Waals surface area (Å²) in [4.78, 5) is 13.5. The minimum absolute atomic E-state index is 0.0624. The van der Waals surface area contributed by atoms with Crippen LogP contribution in [-0.2, 0) is 4.79 Å². The number of anilines is 1. The number of hydrogen-bond acceptors (Lipinski definition) is 5. The van der Waals surface area contributed by atoms with Crippen molar-refractivity contribution in [1.82, 2.24) is 10.2 Å². The van der Waals surface area contributed by atoms with Crippen LogP contribution in [-0.4, -0.2) is 28.7 Å². The van der Waals surface area contributed by atoms with E-state index in [0.29, 0.717) is 18.5 Å². The molecular formula is C12H20N4OS. The van der Waals surface area contributed by atoms with E-state index in [0.717, 1.165) is 23.0 Å². The SMILES string of the molecule is CC(C)c1nnc(N2C[C@H](C(N)=O)CC[C@H]2C)s1. The van der Waals surface area contributed by atoms with E-state index in [1.54, 1.807) is 11.3 Å². The Hall–Kier alpha value is -1.17. The lowest BCUT2D eigenvalue weighted by Crippen LogP contribution is -2.45. The molecule has 2 atom stereocenters. The summed E-state index contributed by atoms with van der Waals surface area (Å²) < 4.78 is 0. The molecule has 1 amide bonds. The minimum atomic E-state index is -0.208. The van der Waals surface area contributed by atoms with E-state index in [-0.39, 0.29) is 11.8 Å². The first-order valence-electron chi connectivity index (χ1n) is 6.38. The van der Waals surface area contributed by atoms with Gasteiger partial charge >= 0.3 is 0 Å². The maximum Gasteiger partial charge on any atom is 0.222 e. The van der Waals surface area contributed by atoms with Crippen molar-refractivity contribution in [3.05, 3.63) is 5.01 Å². The van der Waals surface area contributed by atoms with Crippen molar-refractivity contribution >= 4 is 22.4 Å². The molecule has 1 aromatic heterocycles. The number of primary amides is 1. The highest BCUT2D eigenvalue weighted by Crippen LogP contribution is 2.31. The Kier molecular flexibility index (Phi) is 3.85. The summed E-state index contributed by atoms with van der Waals surface area (Å²) >= 11 is 1.62. The van der Waals surface area contributed by atoms with Crippen molar-refractivity contribution in [3.8, 4) is 0 Å². The van der Waals surface area contributed by atoms with Crippen molar-refractivity contribution in [2.24, 2.45) is 11.7 Å². The van der Waals surface area contributed by atoms with Crippen LogP contribution in [0, 0.1) is 5.92 Å². The Morgan fingerprint density at radius 2 is 2.17 bits per heavy atom. The molecule has 1 saturated heterocycles. The summed E-state index contributed by atoms with van der Waals surface area (Å²) in [6, 6.07) is 0.397. The molecule has 5 nitrogen and oxygen atoms in total. The number of rotatable bonds is 3. The monoisotopic (exact) mass is 268 g/mol. The van der Waals surface area contributed by atoms with Gasteiger partial charge in [-0.1, -0.05) is 25.2 Å². The molecule has 2 N–H and O–H groups in total. The second kappa shape index (κ2) is 5.22. The molecule has 2 heterocycles. The van der Waals surface area contributed by atoms with E-state index < -0.39 is 0 Å². The number of hydrogen-bond donors (Lipinski definition) is 1. The van der Waals surface area contributed by atoms with Crippen LogP contribution >= 0.6 is 11.3 Å². The molecule has 1 fully saturated rings. The van der Waals surface area contributed by atoms with E-state index >= 15 is 0 Å². The van der Waals surface area contributed by atoms with E-state index in [2.05, 4.69) is 35.9 Å². The molecule has 6 heteroatoms. The highest BCUT2D eigenvalue weighted by atomic mass is 32.1. The Balaban J connectivity index is 2.16. The average Bonchev–Trinajstić information content (AvgIpc) is 2.78. The van der Waals surface area contributed by atoms with Crippen LogP contribution in [0.2, 0.25) is 0 Å². The Morgan fingerprint density at radius 1 is 1.44 bits per heavy atom. The Labute approximate surface area is 111 Å². The molecule has 0 bridgehead atoms. The maximum absolute atomic E-state index is 11.3. The molecule has 0 radical (unpaired) electrons. The van der Waals surface area contributed by atoms with Gasteiger partial charge in [0.05, 0.1) is 5.92 Å². The molecule has 0 aromatic carbocycles. The van der Waals surface area contributed by atoms with E-state index in [9.17, 15) is 4.79 Å². The number of nitrogens with zero attached hydrogens (tertiary/aromatic N) is 3. The van der Waals surface area contributed by atoms with Crippen LogP contribution in [0.25, 0.3) is 0 Å². The summed E-state index contributed by atoms with van der Waals surface area (Å²) in [6.45, 7) is 7.04. The maximum atomic E-state index is 11.3. The van der Waals surface area contributed by atoms with E-state index in [4.69, 9.17) is 5.73 Å². The van der Waals surface area contributed by atoms with Gasteiger partial charge in [0.15, 0.2) is 0 Å². The second-order valence-electron chi connectivity index (χ2n) is 5.26. The van der Waals surface area contributed by atoms with Crippen molar-refractivity contribution < 1.29 is 4.79 Å². The standard InChI is InChI=1S/C12H20N4OS/c1-7(2)11-14-15-12(18-11)16-6-9(10(13)17)5-4-8(16)3/h7-9H,4-6H2,1-3H3,(H2,13,17)/t8-,9-/m1/s1. The predicted octanol–water partition coefficient (Wildman–Crippen LogP) is 1.75. The van der Waals surface area contributed by atoms with Crippen LogP contribution in [0.4, 0.5) is 5.13 Å².